The molecule has 0 atom stereocenters. The van der Waals surface area contributed by atoms with Crippen LogP contribution in [0.5, 0.6) is 0 Å². The molecule has 3 rings (SSSR count). The van der Waals surface area contributed by atoms with Crippen molar-refractivity contribution >= 4 is 21.6 Å². The van der Waals surface area contributed by atoms with E-state index in [1.54, 1.807) is 61.1 Å². The van der Waals surface area contributed by atoms with Gasteiger partial charge in [0.05, 0.1) is 11.2 Å². The summed E-state index contributed by atoms with van der Waals surface area (Å²) in [6, 6.07) is 12.9. The molecule has 8 heteroatoms. The second-order valence-electron chi connectivity index (χ2n) is 6.08. The van der Waals surface area contributed by atoms with E-state index < -0.39 is 10.0 Å². The lowest BCUT2D eigenvalue weighted by Crippen LogP contribution is -2.25. The third-order valence-electron chi connectivity index (χ3n) is 3.97. The van der Waals surface area contributed by atoms with E-state index in [1.807, 2.05) is 6.92 Å². The number of aromatic amines is 1. The Labute approximate surface area is 157 Å². The van der Waals surface area contributed by atoms with Crippen LogP contribution in [-0.4, -0.2) is 30.8 Å². The van der Waals surface area contributed by atoms with E-state index >= 15 is 0 Å². The number of hydrogen-bond donors (Lipinski definition) is 3. The molecule has 0 aliphatic rings. The number of imidazole rings is 1. The standard InChI is InChI=1S/C19H20N4O3S/c1-14-2-8-18(9-3-14)27(25,26)23-16-6-4-15(5-7-16)19(24)21-11-10-17-12-20-13-22-17/h2-9,12-13,23H,10-11H2,1H3,(H,20,22)(H,21,24). The summed E-state index contributed by atoms with van der Waals surface area (Å²) in [4.78, 5) is 19.2. The summed E-state index contributed by atoms with van der Waals surface area (Å²) in [5, 5.41) is 2.81. The number of carbonyl (C=O) groups excluding carboxylic acids is 1. The van der Waals surface area contributed by atoms with Crippen molar-refractivity contribution in [3.05, 3.63) is 77.9 Å². The maximum absolute atomic E-state index is 12.4. The summed E-state index contributed by atoms with van der Waals surface area (Å²) in [7, 11) is -3.66. The molecule has 140 valence electrons. The van der Waals surface area contributed by atoms with Crippen molar-refractivity contribution < 1.29 is 13.2 Å². The topological polar surface area (TPSA) is 104 Å². The molecule has 0 spiro atoms. The summed E-state index contributed by atoms with van der Waals surface area (Å²) >= 11 is 0. The molecule has 0 unspecified atom stereocenters. The molecule has 3 aromatic rings. The molecule has 0 aliphatic heterocycles. The largest absolute Gasteiger partial charge is 0.352 e. The minimum atomic E-state index is -3.66. The van der Waals surface area contributed by atoms with Crippen LogP contribution in [-0.2, 0) is 16.4 Å². The zero-order valence-electron chi connectivity index (χ0n) is 14.8. The first-order valence-electron chi connectivity index (χ1n) is 8.39. The van der Waals surface area contributed by atoms with Crippen LogP contribution in [0.4, 0.5) is 5.69 Å². The summed E-state index contributed by atoms with van der Waals surface area (Å²) in [5.74, 6) is -0.220. The predicted octanol–water partition coefficient (Wildman–Crippen LogP) is 2.49. The number of hydrogen-bond acceptors (Lipinski definition) is 4. The first-order chi connectivity index (χ1) is 12.9. The Kier molecular flexibility index (Phi) is 5.56. The van der Waals surface area contributed by atoms with Gasteiger partial charge in [-0.05, 0) is 43.3 Å². The molecule has 0 radical (unpaired) electrons. The molecular weight excluding hydrogens is 364 g/mol. The lowest BCUT2D eigenvalue weighted by molar-refractivity contribution is 0.0954. The lowest BCUT2D eigenvalue weighted by atomic mass is 10.2. The van der Waals surface area contributed by atoms with E-state index in [1.165, 1.54) is 0 Å². The number of aryl methyl sites for hydroxylation is 1. The van der Waals surface area contributed by atoms with Gasteiger partial charge < -0.3 is 10.3 Å². The van der Waals surface area contributed by atoms with Gasteiger partial charge in [0.1, 0.15) is 0 Å². The van der Waals surface area contributed by atoms with E-state index in [0.29, 0.717) is 24.2 Å². The number of H-pyrrole nitrogens is 1. The highest BCUT2D eigenvalue weighted by Crippen LogP contribution is 2.17. The van der Waals surface area contributed by atoms with Crippen LogP contribution < -0.4 is 10.0 Å². The van der Waals surface area contributed by atoms with Crippen LogP contribution in [0.15, 0.2) is 66.0 Å². The maximum Gasteiger partial charge on any atom is 0.261 e. The number of carbonyl (C=O) groups is 1. The number of aromatic nitrogens is 2. The number of amides is 1. The zero-order chi connectivity index (χ0) is 19.3. The summed E-state index contributed by atoms with van der Waals surface area (Å²) < 4.78 is 27.3. The van der Waals surface area contributed by atoms with Crippen LogP contribution in [0.2, 0.25) is 0 Å². The number of nitrogens with zero attached hydrogens (tertiary/aromatic N) is 1. The second-order valence-corrected chi connectivity index (χ2v) is 7.76. The number of sulfonamides is 1. The minimum absolute atomic E-state index is 0.189. The van der Waals surface area contributed by atoms with Crippen molar-refractivity contribution in [1.29, 1.82) is 0 Å². The van der Waals surface area contributed by atoms with Gasteiger partial charge in [-0.1, -0.05) is 17.7 Å². The van der Waals surface area contributed by atoms with E-state index in [0.717, 1.165) is 11.3 Å². The van der Waals surface area contributed by atoms with E-state index in [4.69, 9.17) is 0 Å². The first kappa shape index (κ1) is 18.7. The molecule has 0 saturated carbocycles. The fraction of sp³-hybridized carbons (Fsp3) is 0.158. The SMILES string of the molecule is Cc1ccc(S(=O)(=O)Nc2ccc(C(=O)NCCc3cnc[nH]3)cc2)cc1. The van der Waals surface area contributed by atoms with E-state index in [-0.39, 0.29) is 10.8 Å². The molecule has 0 aliphatic carbocycles. The summed E-state index contributed by atoms with van der Waals surface area (Å²) in [6.07, 6.45) is 3.95. The normalized spacial score (nSPS) is 11.1. The van der Waals surface area contributed by atoms with Gasteiger partial charge in [-0.15, -0.1) is 0 Å². The Balaban J connectivity index is 1.59. The summed E-state index contributed by atoms with van der Waals surface area (Å²) in [6.45, 7) is 2.37. The molecule has 1 amide bonds. The third kappa shape index (κ3) is 4.95. The minimum Gasteiger partial charge on any atom is -0.352 e. The molecule has 0 bridgehead atoms. The van der Waals surface area contributed by atoms with Gasteiger partial charge in [0, 0.05) is 36.1 Å². The average Bonchev–Trinajstić information content (AvgIpc) is 3.16. The van der Waals surface area contributed by atoms with Gasteiger partial charge in [0.25, 0.3) is 15.9 Å². The highest BCUT2D eigenvalue weighted by molar-refractivity contribution is 7.92. The van der Waals surface area contributed by atoms with E-state index in [2.05, 4.69) is 20.0 Å². The van der Waals surface area contributed by atoms with Gasteiger partial charge in [0.15, 0.2) is 0 Å². The van der Waals surface area contributed by atoms with Crippen LogP contribution in [0.3, 0.4) is 0 Å². The van der Waals surface area contributed by atoms with Crippen LogP contribution in [0.25, 0.3) is 0 Å². The van der Waals surface area contributed by atoms with Gasteiger partial charge in [-0.25, -0.2) is 13.4 Å². The van der Waals surface area contributed by atoms with Crippen LogP contribution in [0.1, 0.15) is 21.6 Å². The number of nitrogens with one attached hydrogen (secondary N) is 3. The molecule has 7 nitrogen and oxygen atoms in total. The monoisotopic (exact) mass is 384 g/mol. The molecule has 2 aromatic carbocycles. The van der Waals surface area contributed by atoms with Crippen molar-refractivity contribution in [1.82, 2.24) is 15.3 Å². The first-order valence-corrected chi connectivity index (χ1v) is 9.87. The average molecular weight is 384 g/mol. The Morgan fingerprint density at radius 1 is 1.07 bits per heavy atom. The van der Waals surface area contributed by atoms with Gasteiger partial charge in [-0.2, -0.15) is 0 Å². The van der Waals surface area contributed by atoms with Crippen LogP contribution >= 0.6 is 0 Å². The Morgan fingerprint density at radius 3 is 2.41 bits per heavy atom. The Morgan fingerprint density at radius 2 is 1.78 bits per heavy atom. The van der Waals surface area contributed by atoms with Gasteiger partial charge >= 0.3 is 0 Å². The molecule has 1 aromatic heterocycles. The fourth-order valence-corrected chi connectivity index (χ4v) is 3.51. The van der Waals surface area contributed by atoms with Crippen LogP contribution in [0, 0.1) is 6.92 Å². The number of benzene rings is 2. The quantitative estimate of drug-likeness (QED) is 0.582. The molecule has 27 heavy (non-hydrogen) atoms. The molecule has 0 saturated heterocycles. The molecule has 0 fully saturated rings. The van der Waals surface area contributed by atoms with Crippen molar-refractivity contribution in [2.75, 3.05) is 11.3 Å². The lowest BCUT2D eigenvalue weighted by Gasteiger charge is -2.09. The summed E-state index contributed by atoms with van der Waals surface area (Å²) in [5.41, 5.74) is 2.77. The van der Waals surface area contributed by atoms with Crippen molar-refractivity contribution in [3.63, 3.8) is 0 Å². The molecule has 1 heterocycles. The fourth-order valence-electron chi connectivity index (χ4n) is 2.46. The predicted molar refractivity (Wildman–Crippen MR) is 103 cm³/mol. The maximum atomic E-state index is 12.4. The molecular formula is C19H20N4O3S. The Bertz CT molecular complexity index is 996. The van der Waals surface area contributed by atoms with E-state index in [9.17, 15) is 13.2 Å². The van der Waals surface area contributed by atoms with Crippen molar-refractivity contribution in [2.24, 2.45) is 0 Å². The number of rotatable bonds is 7. The Hall–Kier alpha value is -3.13. The van der Waals surface area contributed by atoms with Gasteiger partial charge in [0.2, 0.25) is 0 Å². The highest BCUT2D eigenvalue weighted by Gasteiger charge is 2.14. The van der Waals surface area contributed by atoms with Crippen molar-refractivity contribution in [3.8, 4) is 0 Å². The highest BCUT2D eigenvalue weighted by atomic mass is 32.2. The van der Waals surface area contributed by atoms with Gasteiger partial charge in [-0.3, -0.25) is 9.52 Å². The number of anilines is 1. The zero-order valence-corrected chi connectivity index (χ0v) is 15.6. The van der Waals surface area contributed by atoms with Crippen molar-refractivity contribution in [2.45, 2.75) is 18.2 Å². The smallest absolute Gasteiger partial charge is 0.261 e. The third-order valence-corrected chi connectivity index (χ3v) is 5.36. The second kappa shape index (κ2) is 8.05. The molecule has 3 N–H and O–H groups in total.